The van der Waals surface area contributed by atoms with E-state index >= 15 is 0 Å². The first kappa shape index (κ1) is 22.5. The molecule has 0 bridgehead atoms. The second-order valence-corrected chi connectivity index (χ2v) is 9.26. The third kappa shape index (κ3) is 6.00. The first-order chi connectivity index (χ1) is 11.3. The predicted molar refractivity (Wildman–Crippen MR) is 116 cm³/mol. The number of hydrogen-bond acceptors (Lipinski definition) is 4. The number of nitrogens with two attached hydrogens (primary N) is 1. The molecule has 1 heterocycles. The average molecular weight is 498 g/mol. The molecule has 25 heavy (non-hydrogen) atoms. The smallest absolute Gasteiger partial charge is 0.243 e. The molecule has 1 aromatic rings. The summed E-state index contributed by atoms with van der Waals surface area (Å²) in [5.74, 6) is 2.71. The van der Waals surface area contributed by atoms with Crippen molar-refractivity contribution in [2.75, 3.05) is 31.6 Å². The van der Waals surface area contributed by atoms with Crippen molar-refractivity contribution in [1.29, 1.82) is 0 Å². The molecule has 2 N–H and O–H groups in total. The zero-order chi connectivity index (χ0) is 17.7. The summed E-state index contributed by atoms with van der Waals surface area (Å²) in [4.78, 5) is 6.81. The molecule has 0 spiro atoms. The first-order valence-electron chi connectivity index (χ1n) is 8.02. The summed E-state index contributed by atoms with van der Waals surface area (Å²) in [5.41, 5.74) is 6.97. The average Bonchev–Trinajstić information content (AvgIpc) is 2.60. The first-order valence-corrected chi connectivity index (χ1v) is 10.6. The fraction of sp³-hybridized carbons (Fsp3) is 0.562. The molecule has 0 saturated carbocycles. The highest BCUT2D eigenvalue weighted by Crippen LogP contribution is 2.17. The van der Waals surface area contributed by atoms with E-state index in [1.54, 1.807) is 31.3 Å². The number of nitrogens with zero attached hydrogens (tertiary/aromatic N) is 3. The van der Waals surface area contributed by atoms with Gasteiger partial charge in [0.2, 0.25) is 10.0 Å². The van der Waals surface area contributed by atoms with Gasteiger partial charge in [-0.15, -0.1) is 24.0 Å². The van der Waals surface area contributed by atoms with Crippen LogP contribution in [0, 0.1) is 0 Å². The third-order valence-electron chi connectivity index (χ3n) is 4.09. The molecule has 0 unspecified atom stereocenters. The van der Waals surface area contributed by atoms with E-state index in [2.05, 4.69) is 9.89 Å². The largest absolute Gasteiger partial charge is 0.370 e. The molecule has 2 rings (SSSR count). The van der Waals surface area contributed by atoms with Gasteiger partial charge in [0.05, 0.1) is 11.4 Å². The second-order valence-electron chi connectivity index (χ2n) is 6.03. The number of sulfonamides is 1. The van der Waals surface area contributed by atoms with E-state index in [1.807, 2.05) is 25.6 Å². The van der Waals surface area contributed by atoms with Crippen molar-refractivity contribution < 1.29 is 8.42 Å². The SMILES string of the molecule is CC(C)N(C)S(=O)(=O)c1ccc(CN=C(N)N2CCSCC2)cc1.I. The van der Waals surface area contributed by atoms with Crippen LogP contribution < -0.4 is 5.73 Å². The molecule has 0 aromatic heterocycles. The van der Waals surface area contributed by atoms with E-state index in [0.29, 0.717) is 17.4 Å². The Kier molecular flexibility index (Phi) is 8.99. The lowest BCUT2D eigenvalue weighted by molar-refractivity contribution is 0.410. The molecule has 142 valence electrons. The molecule has 6 nitrogen and oxygen atoms in total. The van der Waals surface area contributed by atoms with E-state index in [4.69, 9.17) is 5.73 Å². The van der Waals surface area contributed by atoms with E-state index in [0.717, 1.165) is 30.2 Å². The summed E-state index contributed by atoms with van der Waals surface area (Å²) in [6.45, 7) is 6.01. The molecule has 1 saturated heterocycles. The van der Waals surface area contributed by atoms with E-state index in [-0.39, 0.29) is 30.0 Å². The van der Waals surface area contributed by atoms with Crippen LogP contribution in [0.4, 0.5) is 0 Å². The molecular formula is C16H27IN4O2S2. The Balaban J connectivity index is 0.00000312. The maximum Gasteiger partial charge on any atom is 0.243 e. The van der Waals surface area contributed by atoms with Gasteiger partial charge >= 0.3 is 0 Å². The highest BCUT2D eigenvalue weighted by atomic mass is 127. The lowest BCUT2D eigenvalue weighted by Gasteiger charge is -2.27. The number of guanidine groups is 1. The van der Waals surface area contributed by atoms with Crippen LogP contribution in [0.2, 0.25) is 0 Å². The van der Waals surface area contributed by atoms with Crippen LogP contribution in [0.5, 0.6) is 0 Å². The maximum absolute atomic E-state index is 12.4. The summed E-state index contributed by atoms with van der Waals surface area (Å²) >= 11 is 1.93. The number of halogens is 1. The molecule has 0 radical (unpaired) electrons. The quantitative estimate of drug-likeness (QED) is 0.383. The molecular weight excluding hydrogens is 471 g/mol. The van der Waals surface area contributed by atoms with Crippen molar-refractivity contribution in [2.24, 2.45) is 10.7 Å². The summed E-state index contributed by atoms with van der Waals surface area (Å²) in [5, 5.41) is 0. The van der Waals surface area contributed by atoms with Crippen LogP contribution in [0.3, 0.4) is 0 Å². The minimum Gasteiger partial charge on any atom is -0.370 e. The monoisotopic (exact) mass is 498 g/mol. The van der Waals surface area contributed by atoms with Gasteiger partial charge in [-0.1, -0.05) is 12.1 Å². The van der Waals surface area contributed by atoms with Crippen molar-refractivity contribution in [3.05, 3.63) is 29.8 Å². The fourth-order valence-corrected chi connectivity index (χ4v) is 4.55. The topological polar surface area (TPSA) is 79.0 Å². The molecule has 1 aromatic carbocycles. The van der Waals surface area contributed by atoms with Gasteiger partial charge in [-0.05, 0) is 31.5 Å². The predicted octanol–water partition coefficient (Wildman–Crippen LogP) is 2.20. The molecule has 0 atom stereocenters. The Morgan fingerprint density at radius 2 is 1.84 bits per heavy atom. The molecule has 0 amide bonds. The van der Waals surface area contributed by atoms with Crippen LogP contribution in [0.1, 0.15) is 19.4 Å². The fourth-order valence-electron chi connectivity index (χ4n) is 2.28. The second kappa shape index (κ2) is 9.98. The van der Waals surface area contributed by atoms with Gasteiger partial charge in [0.1, 0.15) is 0 Å². The molecule has 1 fully saturated rings. The number of hydrogen-bond donors (Lipinski definition) is 1. The van der Waals surface area contributed by atoms with Crippen molar-refractivity contribution in [3.63, 3.8) is 0 Å². The zero-order valence-corrected chi connectivity index (χ0v) is 18.8. The van der Waals surface area contributed by atoms with Crippen molar-refractivity contribution in [3.8, 4) is 0 Å². The lowest BCUT2D eigenvalue weighted by Crippen LogP contribution is -2.42. The van der Waals surface area contributed by atoms with Gasteiger partial charge in [0, 0.05) is 37.7 Å². The van der Waals surface area contributed by atoms with Gasteiger partial charge in [-0.3, -0.25) is 0 Å². The van der Waals surface area contributed by atoms with Crippen LogP contribution in [-0.4, -0.2) is 61.3 Å². The van der Waals surface area contributed by atoms with E-state index in [9.17, 15) is 8.42 Å². The van der Waals surface area contributed by atoms with Crippen molar-refractivity contribution in [2.45, 2.75) is 31.3 Å². The highest BCUT2D eigenvalue weighted by Gasteiger charge is 2.22. The van der Waals surface area contributed by atoms with Crippen molar-refractivity contribution >= 4 is 51.7 Å². The number of aliphatic imine (C=N–C) groups is 1. The molecule has 0 aliphatic carbocycles. The Hall–Kier alpha value is -0.520. The maximum atomic E-state index is 12.4. The molecule has 1 aliphatic rings. The number of thioether (sulfide) groups is 1. The van der Waals surface area contributed by atoms with Gasteiger partial charge in [-0.25, -0.2) is 13.4 Å². The summed E-state index contributed by atoms with van der Waals surface area (Å²) < 4.78 is 26.2. The van der Waals surface area contributed by atoms with Crippen molar-refractivity contribution in [1.82, 2.24) is 9.21 Å². The minimum atomic E-state index is -3.44. The molecule has 9 heteroatoms. The normalized spacial score (nSPS) is 16.2. The van der Waals surface area contributed by atoms with Gasteiger partial charge in [0.25, 0.3) is 0 Å². The van der Waals surface area contributed by atoms with E-state index < -0.39 is 10.0 Å². The van der Waals surface area contributed by atoms with E-state index in [1.165, 1.54) is 4.31 Å². The number of benzene rings is 1. The van der Waals surface area contributed by atoms with Crippen LogP contribution in [0.15, 0.2) is 34.2 Å². The van der Waals surface area contributed by atoms with Gasteiger partial charge < -0.3 is 10.6 Å². The standard InChI is InChI=1S/C16H26N4O2S2.HI/c1-13(2)19(3)24(21,22)15-6-4-14(5-7-15)12-18-16(17)20-8-10-23-11-9-20;/h4-7,13H,8-12H2,1-3H3,(H2,17,18);1H. The lowest BCUT2D eigenvalue weighted by atomic mass is 10.2. The Bertz CT molecular complexity index is 672. The minimum absolute atomic E-state index is 0. The Morgan fingerprint density at radius 3 is 2.36 bits per heavy atom. The summed E-state index contributed by atoms with van der Waals surface area (Å²) in [6.07, 6.45) is 0. The third-order valence-corrected chi connectivity index (χ3v) is 7.08. The van der Waals surface area contributed by atoms with Crippen LogP contribution in [0.25, 0.3) is 0 Å². The number of rotatable bonds is 5. The summed E-state index contributed by atoms with van der Waals surface area (Å²) in [6, 6.07) is 6.77. The Labute approximate surface area is 172 Å². The van der Waals surface area contributed by atoms with Crippen LogP contribution in [-0.2, 0) is 16.6 Å². The molecule has 1 aliphatic heterocycles. The van der Waals surface area contributed by atoms with Crippen LogP contribution >= 0.6 is 35.7 Å². The van der Waals surface area contributed by atoms with Gasteiger partial charge in [-0.2, -0.15) is 16.1 Å². The Morgan fingerprint density at radius 1 is 1.28 bits per heavy atom. The highest BCUT2D eigenvalue weighted by molar-refractivity contribution is 14.0. The van der Waals surface area contributed by atoms with Gasteiger partial charge in [0.15, 0.2) is 5.96 Å². The zero-order valence-electron chi connectivity index (χ0n) is 14.9. The summed E-state index contributed by atoms with van der Waals surface area (Å²) in [7, 11) is -1.85.